The minimum absolute atomic E-state index is 0. The zero-order valence-corrected chi connectivity index (χ0v) is 18.6. The zero-order valence-electron chi connectivity index (χ0n) is 17.8. The van der Waals surface area contributed by atoms with Gasteiger partial charge in [-0.3, -0.25) is 0 Å². The van der Waals surface area contributed by atoms with Gasteiger partial charge in [0.2, 0.25) is 0 Å². The Hall–Kier alpha value is -2.06. The predicted molar refractivity (Wildman–Crippen MR) is 110 cm³/mol. The van der Waals surface area contributed by atoms with Crippen LogP contribution in [0.3, 0.4) is 0 Å². The van der Waals surface area contributed by atoms with Gasteiger partial charge in [-0.1, -0.05) is 24.3 Å². The number of aliphatic carboxylic acids is 1. The molecule has 0 amide bonds. The summed E-state index contributed by atoms with van der Waals surface area (Å²) in [4.78, 5) is 11.1. The number of carbonyl (C=O) groups is 1. The molecule has 1 unspecified atom stereocenters. The van der Waals surface area contributed by atoms with Gasteiger partial charge in [0.15, 0.2) is 6.10 Å². The molecule has 0 radical (unpaired) electrons. The third kappa shape index (κ3) is 11.8. The van der Waals surface area contributed by atoms with E-state index in [0.717, 1.165) is 17.4 Å². The molecular weight excluding hydrogens is 423 g/mol. The van der Waals surface area contributed by atoms with Crippen molar-refractivity contribution in [1.82, 2.24) is 0 Å². The summed E-state index contributed by atoms with van der Waals surface area (Å²) in [5.74, 6) is -0.0197. The first kappa shape index (κ1) is 31.1. The van der Waals surface area contributed by atoms with Gasteiger partial charge in [0, 0.05) is 19.4 Å². The van der Waals surface area contributed by atoms with Gasteiger partial charge in [-0.2, -0.15) is 8.42 Å². The van der Waals surface area contributed by atoms with Gasteiger partial charge >= 0.3 is 34.9 Å². The number of carboxylic acids is 1. The van der Waals surface area contributed by atoms with E-state index in [1.165, 1.54) is 0 Å². The van der Waals surface area contributed by atoms with Crippen LogP contribution in [0.4, 0.5) is 0 Å². The summed E-state index contributed by atoms with van der Waals surface area (Å²) in [5.41, 5.74) is 1.84. The Morgan fingerprint density at radius 1 is 1.00 bits per heavy atom. The van der Waals surface area contributed by atoms with Crippen LogP contribution in [-0.4, -0.2) is 56.0 Å². The SMILES string of the molecule is CCOC(Cc1ccc(OCCc2ccc(OS(C)(=O)=O)cc2)cc1)C(=O)O.O.[Li+].[OH-]. The normalized spacial score (nSPS) is 11.2. The second-order valence-electron chi connectivity index (χ2n) is 6.16. The maximum atomic E-state index is 11.1. The quantitative estimate of drug-likeness (QED) is 0.326. The molecule has 0 heterocycles. The van der Waals surface area contributed by atoms with Crippen molar-refractivity contribution < 1.29 is 61.8 Å². The Morgan fingerprint density at radius 3 is 2.00 bits per heavy atom. The maximum Gasteiger partial charge on any atom is 1.00 e. The Bertz CT molecular complexity index is 869. The molecule has 0 bridgehead atoms. The minimum atomic E-state index is -3.53. The van der Waals surface area contributed by atoms with E-state index in [4.69, 9.17) is 18.8 Å². The Kier molecular flexibility index (Phi) is 14.9. The molecule has 11 heteroatoms. The second kappa shape index (κ2) is 14.9. The van der Waals surface area contributed by atoms with E-state index >= 15 is 0 Å². The van der Waals surface area contributed by atoms with Crippen molar-refractivity contribution in [2.75, 3.05) is 19.5 Å². The van der Waals surface area contributed by atoms with E-state index in [0.29, 0.717) is 31.8 Å². The van der Waals surface area contributed by atoms with E-state index in [-0.39, 0.29) is 35.6 Å². The van der Waals surface area contributed by atoms with Gasteiger partial charge in [0.1, 0.15) is 11.5 Å². The summed E-state index contributed by atoms with van der Waals surface area (Å²) in [6.45, 7) is 2.56. The first-order valence-corrected chi connectivity index (χ1v) is 10.6. The van der Waals surface area contributed by atoms with Crippen LogP contribution in [0.15, 0.2) is 48.5 Å². The molecule has 0 saturated carbocycles. The Balaban J connectivity index is 0. The molecule has 31 heavy (non-hydrogen) atoms. The zero-order chi connectivity index (χ0) is 20.6. The van der Waals surface area contributed by atoms with Crippen molar-refractivity contribution in [2.24, 2.45) is 0 Å². The average Bonchev–Trinajstić information content (AvgIpc) is 2.63. The summed E-state index contributed by atoms with van der Waals surface area (Å²) in [5, 5.41) is 9.13. The van der Waals surface area contributed by atoms with Crippen LogP contribution in [0.25, 0.3) is 0 Å². The Morgan fingerprint density at radius 2 is 1.52 bits per heavy atom. The van der Waals surface area contributed by atoms with Gasteiger partial charge < -0.3 is 29.7 Å². The van der Waals surface area contributed by atoms with Crippen LogP contribution in [0.2, 0.25) is 0 Å². The summed E-state index contributed by atoms with van der Waals surface area (Å²) in [6.07, 6.45) is 1.09. The molecule has 2 aromatic carbocycles. The number of rotatable bonds is 11. The third-order valence-electron chi connectivity index (χ3n) is 3.82. The van der Waals surface area contributed by atoms with Gasteiger partial charge in [-0.05, 0) is 42.3 Å². The largest absolute Gasteiger partial charge is 1.00 e. The standard InChI is InChI=1S/C20H24O7S.Li.2H2O/c1-3-25-19(20(21)22)14-16-6-8-17(9-7-16)26-13-12-15-4-10-18(11-5-15)27-28(2,23)24;;;/h4-11,19H,3,12-14H2,1-2H3,(H,21,22);;2*1H2/q;+1;;/p-1. The number of hydrogen-bond acceptors (Lipinski definition) is 7. The summed E-state index contributed by atoms with van der Waals surface area (Å²) < 4.78 is 37.9. The van der Waals surface area contributed by atoms with E-state index in [9.17, 15) is 13.2 Å². The number of benzene rings is 2. The van der Waals surface area contributed by atoms with Crippen LogP contribution in [0, 0.1) is 0 Å². The molecule has 0 aromatic heterocycles. The number of carboxylic acid groups (broad SMARTS) is 1. The van der Waals surface area contributed by atoms with Gasteiger partial charge in [-0.15, -0.1) is 0 Å². The predicted octanol–water partition coefficient (Wildman–Crippen LogP) is -1.32. The van der Waals surface area contributed by atoms with Crippen LogP contribution in [0.1, 0.15) is 18.1 Å². The molecule has 168 valence electrons. The molecule has 0 fully saturated rings. The molecule has 4 N–H and O–H groups in total. The molecule has 0 aliphatic rings. The van der Waals surface area contributed by atoms with Crippen molar-refractivity contribution in [1.29, 1.82) is 0 Å². The first-order chi connectivity index (χ1) is 13.3. The molecule has 0 saturated heterocycles. The smallest absolute Gasteiger partial charge is 0.870 e. The summed E-state index contributed by atoms with van der Waals surface area (Å²) >= 11 is 0. The van der Waals surface area contributed by atoms with Crippen LogP contribution >= 0.6 is 0 Å². The fraction of sp³-hybridized carbons (Fsp3) is 0.350. The monoisotopic (exact) mass is 450 g/mol. The number of hydrogen-bond donors (Lipinski definition) is 1. The maximum absolute atomic E-state index is 11.1. The summed E-state index contributed by atoms with van der Waals surface area (Å²) in [6, 6.07) is 14.0. The average molecular weight is 450 g/mol. The molecule has 2 aromatic rings. The van der Waals surface area contributed by atoms with Gasteiger partial charge in [0.25, 0.3) is 0 Å². The fourth-order valence-corrected chi connectivity index (χ4v) is 2.99. The van der Waals surface area contributed by atoms with E-state index < -0.39 is 22.2 Å². The van der Waals surface area contributed by atoms with Crippen LogP contribution in [-0.2, 0) is 32.5 Å². The molecule has 0 aliphatic carbocycles. The molecule has 0 aliphatic heterocycles. The molecule has 2 rings (SSSR count). The van der Waals surface area contributed by atoms with Crippen molar-refractivity contribution in [3.63, 3.8) is 0 Å². The van der Waals surface area contributed by atoms with Crippen LogP contribution in [0.5, 0.6) is 11.5 Å². The topological polar surface area (TPSA) is 161 Å². The van der Waals surface area contributed by atoms with E-state index in [1.54, 1.807) is 43.3 Å². The minimum Gasteiger partial charge on any atom is -0.870 e. The van der Waals surface area contributed by atoms with Gasteiger partial charge in [0.05, 0.1) is 12.9 Å². The molecule has 0 spiro atoms. The van der Waals surface area contributed by atoms with Gasteiger partial charge in [-0.25, -0.2) is 4.79 Å². The number of ether oxygens (including phenoxy) is 2. The molecular formula is C20H27LiO9S. The van der Waals surface area contributed by atoms with Crippen molar-refractivity contribution >= 4 is 16.1 Å². The Labute approximate surface area is 194 Å². The van der Waals surface area contributed by atoms with E-state index in [2.05, 4.69) is 0 Å². The van der Waals surface area contributed by atoms with Crippen LogP contribution < -0.4 is 27.8 Å². The van der Waals surface area contributed by atoms with Crippen molar-refractivity contribution in [3.05, 3.63) is 59.7 Å². The summed E-state index contributed by atoms with van der Waals surface area (Å²) in [7, 11) is -3.53. The third-order valence-corrected chi connectivity index (χ3v) is 4.31. The molecule has 1 atom stereocenters. The van der Waals surface area contributed by atoms with E-state index in [1.807, 2.05) is 12.1 Å². The molecule has 9 nitrogen and oxygen atoms in total. The van der Waals surface area contributed by atoms with Crippen molar-refractivity contribution in [3.8, 4) is 11.5 Å². The first-order valence-electron chi connectivity index (χ1n) is 8.81. The second-order valence-corrected chi connectivity index (χ2v) is 7.74. The van der Waals surface area contributed by atoms with Crippen molar-refractivity contribution in [2.45, 2.75) is 25.9 Å². The fourth-order valence-electron chi connectivity index (χ4n) is 2.53.